The van der Waals surface area contributed by atoms with E-state index in [0.29, 0.717) is 5.92 Å². The third-order valence-electron chi connectivity index (χ3n) is 2.44. The minimum Gasteiger partial charge on any atom is -0.494 e. The highest BCUT2D eigenvalue weighted by Crippen LogP contribution is 2.39. The molecule has 1 aliphatic rings. The molecule has 0 saturated heterocycles. The van der Waals surface area contributed by atoms with E-state index in [9.17, 15) is 4.39 Å². The highest BCUT2D eigenvalue weighted by molar-refractivity contribution is 5.34. The normalized spacial score (nSPS) is 25.8. The molecule has 70 valence electrons. The van der Waals surface area contributed by atoms with E-state index in [4.69, 9.17) is 10.5 Å². The van der Waals surface area contributed by atoms with Crippen molar-refractivity contribution in [3.8, 4) is 5.75 Å². The molecule has 1 aromatic carbocycles. The van der Waals surface area contributed by atoms with Crippen molar-refractivity contribution < 1.29 is 9.13 Å². The molecule has 2 nitrogen and oxygen atoms in total. The summed E-state index contributed by atoms with van der Waals surface area (Å²) in [6, 6.07) is 5.25. The molecule has 2 atom stereocenters. The molecular weight excluding hydrogens is 169 g/mol. The fourth-order valence-corrected chi connectivity index (χ4v) is 1.51. The van der Waals surface area contributed by atoms with Gasteiger partial charge < -0.3 is 10.5 Å². The molecule has 0 heterocycles. The molecule has 3 heteroatoms. The largest absolute Gasteiger partial charge is 0.494 e. The molecule has 1 aromatic rings. The zero-order chi connectivity index (χ0) is 9.42. The van der Waals surface area contributed by atoms with Crippen LogP contribution < -0.4 is 10.5 Å². The predicted molar refractivity (Wildman–Crippen MR) is 48.3 cm³/mol. The van der Waals surface area contributed by atoms with Gasteiger partial charge in [-0.3, -0.25) is 0 Å². The number of nitrogens with two attached hydrogens (primary N) is 1. The van der Waals surface area contributed by atoms with Crippen molar-refractivity contribution in [2.24, 2.45) is 5.73 Å². The summed E-state index contributed by atoms with van der Waals surface area (Å²) in [6.45, 7) is 0. The van der Waals surface area contributed by atoms with Crippen LogP contribution in [-0.4, -0.2) is 13.2 Å². The lowest BCUT2D eigenvalue weighted by Gasteiger charge is -2.03. The van der Waals surface area contributed by atoms with Gasteiger partial charge in [0.1, 0.15) is 0 Å². The van der Waals surface area contributed by atoms with Crippen molar-refractivity contribution in [1.82, 2.24) is 0 Å². The first kappa shape index (κ1) is 8.51. The van der Waals surface area contributed by atoms with Crippen LogP contribution in [0.4, 0.5) is 4.39 Å². The Labute approximate surface area is 76.5 Å². The lowest BCUT2D eigenvalue weighted by Crippen LogP contribution is -2.01. The highest BCUT2D eigenvalue weighted by Gasteiger charge is 2.35. The van der Waals surface area contributed by atoms with Crippen molar-refractivity contribution in [1.29, 1.82) is 0 Å². The molecule has 0 spiro atoms. The van der Waals surface area contributed by atoms with Gasteiger partial charge >= 0.3 is 0 Å². The molecule has 0 aromatic heterocycles. The maximum Gasteiger partial charge on any atom is 0.165 e. The highest BCUT2D eigenvalue weighted by atomic mass is 19.1. The summed E-state index contributed by atoms with van der Waals surface area (Å²) in [5.41, 5.74) is 6.64. The first-order valence-corrected chi connectivity index (χ1v) is 4.31. The van der Waals surface area contributed by atoms with E-state index < -0.39 is 0 Å². The molecule has 2 rings (SSSR count). The number of hydrogen-bond donors (Lipinski definition) is 1. The number of ether oxygens (including phenoxy) is 1. The van der Waals surface area contributed by atoms with Crippen LogP contribution in [0.2, 0.25) is 0 Å². The quantitative estimate of drug-likeness (QED) is 0.752. The molecule has 0 radical (unpaired) electrons. The number of methoxy groups -OCH3 is 1. The van der Waals surface area contributed by atoms with Gasteiger partial charge in [-0.05, 0) is 24.1 Å². The predicted octanol–water partition coefficient (Wildman–Crippen LogP) is 1.65. The zero-order valence-electron chi connectivity index (χ0n) is 7.46. The monoisotopic (exact) mass is 181 g/mol. The first-order valence-electron chi connectivity index (χ1n) is 4.31. The molecule has 1 saturated carbocycles. The van der Waals surface area contributed by atoms with Gasteiger partial charge in [0.2, 0.25) is 0 Å². The molecule has 0 aliphatic heterocycles. The van der Waals surface area contributed by atoms with Crippen LogP contribution >= 0.6 is 0 Å². The second kappa shape index (κ2) is 3.00. The molecule has 2 unspecified atom stereocenters. The van der Waals surface area contributed by atoms with Gasteiger partial charge in [0.15, 0.2) is 11.6 Å². The van der Waals surface area contributed by atoms with Gasteiger partial charge in [-0.25, -0.2) is 4.39 Å². The average molecular weight is 181 g/mol. The Morgan fingerprint density at radius 3 is 2.69 bits per heavy atom. The van der Waals surface area contributed by atoms with E-state index in [0.717, 1.165) is 12.0 Å². The van der Waals surface area contributed by atoms with E-state index in [1.165, 1.54) is 13.2 Å². The topological polar surface area (TPSA) is 35.2 Å². The Bertz CT molecular complexity index is 327. The Balaban J connectivity index is 2.25. The summed E-state index contributed by atoms with van der Waals surface area (Å²) >= 11 is 0. The summed E-state index contributed by atoms with van der Waals surface area (Å²) in [5.74, 6) is 0.331. The SMILES string of the molecule is COc1ccc(C2CC2N)cc1F. The zero-order valence-corrected chi connectivity index (χ0v) is 7.46. The van der Waals surface area contributed by atoms with Crippen LogP contribution in [0.5, 0.6) is 5.75 Å². The smallest absolute Gasteiger partial charge is 0.165 e. The Morgan fingerprint density at radius 2 is 2.23 bits per heavy atom. The van der Waals surface area contributed by atoms with Gasteiger partial charge in [0, 0.05) is 12.0 Å². The fraction of sp³-hybridized carbons (Fsp3) is 0.400. The molecule has 0 amide bonds. The number of rotatable bonds is 2. The van der Waals surface area contributed by atoms with Gasteiger partial charge in [-0.15, -0.1) is 0 Å². The maximum absolute atomic E-state index is 13.2. The fourth-order valence-electron chi connectivity index (χ4n) is 1.51. The summed E-state index contributed by atoms with van der Waals surface area (Å²) < 4.78 is 18.0. The Morgan fingerprint density at radius 1 is 1.54 bits per heavy atom. The van der Waals surface area contributed by atoms with Gasteiger partial charge in [-0.1, -0.05) is 6.07 Å². The Kier molecular flexibility index (Phi) is 1.96. The lowest BCUT2D eigenvalue weighted by atomic mass is 10.1. The standard InChI is InChI=1S/C10H12FNO/c1-13-10-3-2-6(4-8(10)11)7-5-9(7)12/h2-4,7,9H,5,12H2,1H3. The van der Waals surface area contributed by atoms with Crippen LogP contribution in [-0.2, 0) is 0 Å². The molecular formula is C10H12FNO. The summed E-state index contributed by atoms with van der Waals surface area (Å²) in [4.78, 5) is 0. The minimum atomic E-state index is -0.306. The van der Waals surface area contributed by atoms with E-state index in [1.807, 2.05) is 6.07 Å². The number of halogens is 1. The van der Waals surface area contributed by atoms with Crippen LogP contribution in [0.25, 0.3) is 0 Å². The third-order valence-corrected chi connectivity index (χ3v) is 2.44. The van der Waals surface area contributed by atoms with E-state index in [2.05, 4.69) is 0 Å². The van der Waals surface area contributed by atoms with Crippen molar-refractivity contribution >= 4 is 0 Å². The average Bonchev–Trinajstić information content (AvgIpc) is 2.82. The summed E-state index contributed by atoms with van der Waals surface area (Å²) in [5, 5.41) is 0. The molecule has 1 aliphatic carbocycles. The molecule has 0 bridgehead atoms. The van der Waals surface area contributed by atoms with E-state index in [-0.39, 0.29) is 17.6 Å². The lowest BCUT2D eigenvalue weighted by molar-refractivity contribution is 0.386. The van der Waals surface area contributed by atoms with Gasteiger partial charge in [0.05, 0.1) is 7.11 Å². The van der Waals surface area contributed by atoms with E-state index >= 15 is 0 Å². The molecule has 1 fully saturated rings. The van der Waals surface area contributed by atoms with Crippen molar-refractivity contribution in [2.45, 2.75) is 18.4 Å². The number of hydrogen-bond acceptors (Lipinski definition) is 2. The summed E-state index contributed by atoms with van der Waals surface area (Å²) in [6.07, 6.45) is 0.964. The first-order chi connectivity index (χ1) is 6.22. The third kappa shape index (κ3) is 1.52. The van der Waals surface area contributed by atoms with Gasteiger partial charge in [-0.2, -0.15) is 0 Å². The minimum absolute atomic E-state index is 0.216. The second-order valence-electron chi connectivity index (χ2n) is 3.40. The van der Waals surface area contributed by atoms with Gasteiger partial charge in [0.25, 0.3) is 0 Å². The van der Waals surface area contributed by atoms with Crippen molar-refractivity contribution in [3.63, 3.8) is 0 Å². The van der Waals surface area contributed by atoms with E-state index in [1.54, 1.807) is 6.07 Å². The molecule has 13 heavy (non-hydrogen) atoms. The van der Waals surface area contributed by atoms with Crippen LogP contribution in [0.3, 0.4) is 0 Å². The van der Waals surface area contributed by atoms with Crippen molar-refractivity contribution in [3.05, 3.63) is 29.6 Å². The van der Waals surface area contributed by atoms with Crippen LogP contribution in [0.15, 0.2) is 18.2 Å². The van der Waals surface area contributed by atoms with Crippen molar-refractivity contribution in [2.75, 3.05) is 7.11 Å². The van der Waals surface area contributed by atoms with Crippen LogP contribution in [0, 0.1) is 5.82 Å². The maximum atomic E-state index is 13.2. The second-order valence-corrected chi connectivity index (χ2v) is 3.40. The number of benzene rings is 1. The Hall–Kier alpha value is -1.09. The van der Waals surface area contributed by atoms with Crippen LogP contribution in [0.1, 0.15) is 17.9 Å². The molecule has 2 N–H and O–H groups in total. The summed E-state index contributed by atoms with van der Waals surface area (Å²) in [7, 11) is 1.46.